The van der Waals surface area contributed by atoms with Crippen molar-refractivity contribution >= 4 is 10.9 Å². The number of aromatic amines is 1. The molecule has 12 heavy (non-hydrogen) atoms. The summed E-state index contributed by atoms with van der Waals surface area (Å²) in [6, 6.07) is 7.89. The Kier molecular flexibility index (Phi) is 1.38. The number of benzene rings is 1. The summed E-state index contributed by atoms with van der Waals surface area (Å²) in [4.78, 5) is 3.08. The Morgan fingerprint density at radius 1 is 1.42 bits per heavy atom. The van der Waals surface area contributed by atoms with E-state index in [4.69, 9.17) is 5.26 Å². The Hall–Kier alpha value is -1.75. The molecule has 0 aliphatic heterocycles. The van der Waals surface area contributed by atoms with Crippen LogP contribution in [0.5, 0.6) is 0 Å². The van der Waals surface area contributed by atoms with Crippen molar-refractivity contribution in [2.24, 2.45) is 0 Å². The fourth-order valence-electron chi connectivity index (χ4n) is 1.39. The first-order valence-corrected chi connectivity index (χ1v) is 3.79. The molecule has 0 aliphatic carbocycles. The van der Waals surface area contributed by atoms with E-state index >= 15 is 0 Å². The fraction of sp³-hybridized carbons (Fsp3) is 0.100. The third-order valence-electron chi connectivity index (χ3n) is 2.04. The number of hydrogen-bond donors (Lipinski definition) is 1. The van der Waals surface area contributed by atoms with Crippen LogP contribution in [0.25, 0.3) is 10.9 Å². The summed E-state index contributed by atoms with van der Waals surface area (Å²) in [5.41, 5.74) is 2.83. The minimum Gasteiger partial charge on any atom is -0.360 e. The van der Waals surface area contributed by atoms with Gasteiger partial charge in [0.15, 0.2) is 0 Å². The molecule has 1 N–H and O–H groups in total. The van der Waals surface area contributed by atoms with Gasteiger partial charge < -0.3 is 4.98 Å². The highest BCUT2D eigenvalue weighted by atomic mass is 14.7. The highest BCUT2D eigenvalue weighted by Crippen LogP contribution is 2.19. The maximum Gasteiger partial charge on any atom is 0.101 e. The van der Waals surface area contributed by atoms with E-state index in [0.29, 0.717) is 5.56 Å². The van der Waals surface area contributed by atoms with E-state index in [2.05, 4.69) is 11.1 Å². The highest BCUT2D eigenvalue weighted by Gasteiger charge is 2.02. The summed E-state index contributed by atoms with van der Waals surface area (Å²) < 4.78 is 0. The minimum absolute atomic E-state index is 0.709. The number of nitrogens with zero attached hydrogens (tertiary/aromatic N) is 1. The maximum absolute atomic E-state index is 8.77. The van der Waals surface area contributed by atoms with E-state index in [-0.39, 0.29) is 0 Å². The van der Waals surface area contributed by atoms with Crippen molar-refractivity contribution in [1.82, 2.24) is 4.98 Å². The average Bonchev–Trinajstić information content (AvgIpc) is 2.48. The number of nitriles is 1. The zero-order valence-electron chi connectivity index (χ0n) is 6.76. The van der Waals surface area contributed by atoms with Crippen molar-refractivity contribution in [3.8, 4) is 6.07 Å². The Labute approximate surface area is 70.4 Å². The van der Waals surface area contributed by atoms with E-state index in [9.17, 15) is 0 Å². The number of rotatable bonds is 0. The molecule has 0 aliphatic rings. The molecule has 2 rings (SSSR count). The van der Waals surface area contributed by atoms with Crippen molar-refractivity contribution in [3.05, 3.63) is 35.5 Å². The molecule has 0 amide bonds. The van der Waals surface area contributed by atoms with Crippen LogP contribution in [0.1, 0.15) is 11.1 Å². The summed E-state index contributed by atoms with van der Waals surface area (Å²) in [6.45, 7) is 2.03. The second kappa shape index (κ2) is 2.38. The lowest BCUT2D eigenvalue weighted by molar-refractivity contribution is 1.41. The van der Waals surface area contributed by atoms with Gasteiger partial charge >= 0.3 is 0 Å². The topological polar surface area (TPSA) is 39.6 Å². The quantitative estimate of drug-likeness (QED) is 0.624. The molecular formula is C10H8N2. The lowest BCUT2D eigenvalue weighted by atomic mass is 10.1. The van der Waals surface area contributed by atoms with Gasteiger partial charge in [0.1, 0.15) is 6.07 Å². The van der Waals surface area contributed by atoms with Gasteiger partial charge in [-0.05, 0) is 18.6 Å². The Morgan fingerprint density at radius 2 is 2.25 bits per heavy atom. The smallest absolute Gasteiger partial charge is 0.101 e. The average molecular weight is 156 g/mol. The Bertz CT molecular complexity index is 460. The van der Waals surface area contributed by atoms with Crippen LogP contribution in [-0.4, -0.2) is 4.98 Å². The molecule has 0 bridgehead atoms. The van der Waals surface area contributed by atoms with Crippen molar-refractivity contribution in [3.63, 3.8) is 0 Å². The summed E-state index contributed by atoms with van der Waals surface area (Å²) in [5.74, 6) is 0. The van der Waals surface area contributed by atoms with Gasteiger partial charge in [-0.3, -0.25) is 0 Å². The predicted octanol–water partition coefficient (Wildman–Crippen LogP) is 2.35. The van der Waals surface area contributed by atoms with Crippen molar-refractivity contribution in [2.45, 2.75) is 6.92 Å². The third kappa shape index (κ3) is 0.802. The predicted molar refractivity (Wildman–Crippen MR) is 47.8 cm³/mol. The molecule has 1 aromatic carbocycles. The number of aryl methyl sites for hydroxylation is 1. The maximum atomic E-state index is 8.77. The van der Waals surface area contributed by atoms with Gasteiger partial charge in [-0.1, -0.05) is 12.1 Å². The van der Waals surface area contributed by atoms with Gasteiger partial charge in [0.2, 0.25) is 0 Å². The molecule has 2 nitrogen and oxygen atoms in total. The molecule has 0 spiro atoms. The molecule has 2 aromatic rings. The zero-order chi connectivity index (χ0) is 8.55. The van der Waals surface area contributed by atoms with E-state index in [1.807, 2.05) is 31.3 Å². The van der Waals surface area contributed by atoms with Crippen LogP contribution >= 0.6 is 0 Å². The second-order valence-electron chi connectivity index (χ2n) is 2.81. The molecular weight excluding hydrogens is 148 g/mol. The SMILES string of the molecule is Cc1c[nH]c2c(C#N)cccc12. The van der Waals surface area contributed by atoms with Crippen molar-refractivity contribution in [1.29, 1.82) is 5.26 Å². The first-order valence-electron chi connectivity index (χ1n) is 3.79. The standard InChI is InChI=1S/C10H8N2/c1-7-6-12-10-8(5-11)3-2-4-9(7)10/h2-4,6,12H,1H3. The summed E-state index contributed by atoms with van der Waals surface area (Å²) in [7, 11) is 0. The van der Waals surface area contributed by atoms with Crippen LogP contribution < -0.4 is 0 Å². The fourth-order valence-corrected chi connectivity index (χ4v) is 1.39. The van der Waals surface area contributed by atoms with Crippen molar-refractivity contribution in [2.75, 3.05) is 0 Å². The zero-order valence-corrected chi connectivity index (χ0v) is 6.76. The van der Waals surface area contributed by atoms with Crippen molar-refractivity contribution < 1.29 is 0 Å². The third-order valence-corrected chi connectivity index (χ3v) is 2.04. The van der Waals surface area contributed by atoms with E-state index in [1.165, 1.54) is 5.56 Å². The number of hydrogen-bond acceptors (Lipinski definition) is 1. The minimum atomic E-state index is 0.709. The van der Waals surface area contributed by atoms with Crippen LogP contribution in [0.3, 0.4) is 0 Å². The largest absolute Gasteiger partial charge is 0.360 e. The van der Waals surface area contributed by atoms with Gasteiger partial charge in [0.05, 0.1) is 11.1 Å². The van der Waals surface area contributed by atoms with Crippen LogP contribution in [0, 0.1) is 18.3 Å². The molecule has 0 unspecified atom stereocenters. The van der Waals surface area contributed by atoms with Gasteiger partial charge in [-0.15, -0.1) is 0 Å². The van der Waals surface area contributed by atoms with Crippen LogP contribution in [0.4, 0.5) is 0 Å². The Morgan fingerprint density at radius 3 is 3.00 bits per heavy atom. The number of aromatic nitrogens is 1. The molecule has 0 saturated carbocycles. The van der Waals surface area contributed by atoms with Gasteiger partial charge in [0.25, 0.3) is 0 Å². The van der Waals surface area contributed by atoms with E-state index in [1.54, 1.807) is 0 Å². The molecule has 58 valence electrons. The molecule has 1 aromatic heterocycles. The molecule has 1 heterocycles. The molecule has 0 fully saturated rings. The Balaban J connectivity index is 2.92. The summed E-state index contributed by atoms with van der Waals surface area (Å²) in [6.07, 6.45) is 1.92. The first-order chi connectivity index (χ1) is 5.83. The molecule has 0 atom stereocenters. The van der Waals surface area contributed by atoms with E-state index in [0.717, 1.165) is 10.9 Å². The summed E-state index contributed by atoms with van der Waals surface area (Å²) >= 11 is 0. The lowest BCUT2D eigenvalue weighted by Crippen LogP contribution is -1.76. The first kappa shape index (κ1) is 6.93. The number of H-pyrrole nitrogens is 1. The van der Waals surface area contributed by atoms with Gasteiger partial charge in [-0.25, -0.2) is 0 Å². The lowest BCUT2D eigenvalue weighted by Gasteiger charge is -1.92. The van der Waals surface area contributed by atoms with E-state index < -0.39 is 0 Å². The van der Waals surface area contributed by atoms with Gasteiger partial charge in [0, 0.05) is 11.6 Å². The molecule has 0 radical (unpaired) electrons. The number of nitrogens with one attached hydrogen (secondary N) is 1. The normalized spacial score (nSPS) is 10.0. The highest BCUT2D eigenvalue weighted by molar-refractivity contribution is 5.87. The molecule has 0 saturated heterocycles. The van der Waals surface area contributed by atoms with Gasteiger partial charge in [-0.2, -0.15) is 5.26 Å². The second-order valence-corrected chi connectivity index (χ2v) is 2.81. The van der Waals surface area contributed by atoms with Crippen LogP contribution in [0.15, 0.2) is 24.4 Å². The monoisotopic (exact) mass is 156 g/mol. The number of para-hydroxylation sites is 1. The summed E-state index contributed by atoms with van der Waals surface area (Å²) in [5, 5.41) is 9.91. The van der Waals surface area contributed by atoms with Crippen LogP contribution in [0.2, 0.25) is 0 Å². The molecule has 2 heteroatoms. The van der Waals surface area contributed by atoms with Crippen LogP contribution in [-0.2, 0) is 0 Å². The number of fused-ring (bicyclic) bond motifs is 1.